The van der Waals surface area contributed by atoms with Gasteiger partial charge in [0, 0.05) is 11.6 Å². The molecule has 0 saturated carbocycles. The van der Waals surface area contributed by atoms with Gasteiger partial charge in [-0.25, -0.2) is 14.4 Å². The molecule has 2 heterocycles. The van der Waals surface area contributed by atoms with E-state index in [0.717, 1.165) is 13.1 Å². The van der Waals surface area contributed by atoms with E-state index in [4.69, 9.17) is 9.84 Å². The molecule has 9 nitrogen and oxygen atoms in total. The largest absolute Gasteiger partial charge is 0.491 e. The Kier molecular flexibility index (Phi) is 8.51. The Bertz CT molecular complexity index is 1150. The quantitative estimate of drug-likeness (QED) is 0.334. The number of nitrogens with one attached hydrogen (secondary N) is 2. The van der Waals surface area contributed by atoms with E-state index in [0.29, 0.717) is 35.4 Å². The topological polar surface area (TPSA) is 131 Å². The maximum Gasteiger partial charge on any atom is 0.491 e. The number of thiophene rings is 1. The van der Waals surface area contributed by atoms with Gasteiger partial charge in [0.15, 0.2) is 17.2 Å². The zero-order valence-electron chi connectivity index (χ0n) is 17.7. The molecule has 3 N–H and O–H groups in total. The Morgan fingerprint density at radius 2 is 1.89 bits per heavy atom. The molecule has 0 unspecified atom stereocenters. The number of rotatable bonds is 7. The van der Waals surface area contributed by atoms with Gasteiger partial charge in [0.1, 0.15) is 0 Å². The lowest BCUT2D eigenvalue weighted by molar-refractivity contribution is -0.193. The summed E-state index contributed by atoms with van der Waals surface area (Å²) in [6.07, 6.45) is -4.03. The van der Waals surface area contributed by atoms with Crippen LogP contribution in [-0.4, -0.2) is 54.8 Å². The van der Waals surface area contributed by atoms with Gasteiger partial charge in [-0.2, -0.15) is 13.2 Å². The van der Waals surface area contributed by atoms with E-state index < -0.39 is 41.3 Å². The fraction of sp³-hybridized carbons (Fsp3) is 0.333. The van der Waals surface area contributed by atoms with Gasteiger partial charge < -0.3 is 25.2 Å². The first-order valence-corrected chi connectivity index (χ1v) is 11.7. The number of aliphatic carboxylic acids is 1. The molecule has 3 rings (SSSR count). The zero-order valence-corrected chi connectivity index (χ0v) is 20.1. The van der Waals surface area contributed by atoms with E-state index in [1.807, 2.05) is 0 Å². The predicted octanol–water partition coefficient (Wildman–Crippen LogP) is 3.82. The third-order valence-corrected chi connectivity index (χ3v) is 7.07. The summed E-state index contributed by atoms with van der Waals surface area (Å²) in [5.41, 5.74) is 0.877. The number of piperidine rings is 1. The second kappa shape index (κ2) is 11.2. The second-order valence-corrected chi connectivity index (χ2v) is 9.17. The first-order chi connectivity index (χ1) is 16.5. The number of halogens is 4. The van der Waals surface area contributed by atoms with E-state index in [1.165, 1.54) is 0 Å². The van der Waals surface area contributed by atoms with Crippen molar-refractivity contribution in [2.45, 2.75) is 19.0 Å². The maximum absolute atomic E-state index is 12.6. The minimum atomic E-state index is -5.41. The van der Waals surface area contributed by atoms with Crippen molar-refractivity contribution < 1.29 is 46.9 Å². The highest BCUT2D eigenvalue weighted by atomic mass is 79.9. The van der Waals surface area contributed by atoms with Crippen LogP contribution >= 0.6 is 27.3 Å². The van der Waals surface area contributed by atoms with E-state index in [9.17, 15) is 32.3 Å². The molecule has 0 atom stereocenters. The van der Waals surface area contributed by atoms with E-state index in [2.05, 4.69) is 31.3 Å². The van der Waals surface area contributed by atoms with Crippen LogP contribution in [0.1, 0.15) is 22.5 Å². The summed E-state index contributed by atoms with van der Waals surface area (Å²) >= 11 is 3.81. The molecule has 0 aliphatic carbocycles. The first-order valence-electron chi connectivity index (χ1n) is 10.1. The van der Waals surface area contributed by atoms with Crippen LogP contribution < -0.4 is 15.4 Å². The van der Waals surface area contributed by atoms with Gasteiger partial charge in [-0.15, -0.1) is 11.3 Å². The summed E-state index contributed by atoms with van der Waals surface area (Å²) < 4.78 is 46.6. The Morgan fingerprint density at radius 3 is 2.51 bits per heavy atom. The normalized spacial score (nSPS) is 14.3. The number of hydrogen-bond acceptors (Lipinski definition) is 8. The molecule has 35 heavy (non-hydrogen) atoms. The number of anilines is 1. The number of ether oxygens (including phenoxy) is 2. The molecule has 2 aromatic rings. The van der Waals surface area contributed by atoms with Gasteiger partial charge in [-0.1, -0.05) is 12.1 Å². The predicted molar refractivity (Wildman–Crippen MR) is 121 cm³/mol. The van der Waals surface area contributed by atoms with Crippen molar-refractivity contribution in [3.63, 3.8) is 0 Å². The average Bonchev–Trinajstić information content (AvgIpc) is 3.14. The van der Waals surface area contributed by atoms with Gasteiger partial charge >= 0.3 is 24.1 Å². The molecule has 1 amide bonds. The molecule has 1 saturated heterocycles. The van der Waals surface area contributed by atoms with Gasteiger partial charge in [0.25, 0.3) is 0 Å². The number of amides is 1. The number of hydrogen-bond donors (Lipinski definition) is 3. The van der Waals surface area contributed by atoms with Gasteiger partial charge in [0.2, 0.25) is 5.91 Å². The Labute approximate surface area is 208 Å². The molecule has 188 valence electrons. The molecule has 14 heteroatoms. The molecule has 0 bridgehead atoms. The fourth-order valence-corrected chi connectivity index (χ4v) is 5.16. The Hall–Kier alpha value is -2.97. The number of carbonyl (C=O) groups excluding carboxylic acids is 3. The summed E-state index contributed by atoms with van der Waals surface area (Å²) in [6.45, 7) is 0.554. The van der Waals surface area contributed by atoms with E-state index in [-0.39, 0.29) is 21.2 Å². The summed E-state index contributed by atoms with van der Waals surface area (Å²) in [7, 11) is 0. The maximum atomic E-state index is 12.6. The van der Waals surface area contributed by atoms with E-state index >= 15 is 0 Å². The van der Waals surface area contributed by atoms with Crippen molar-refractivity contribution in [3.8, 4) is 16.2 Å². The molecular formula is C21H18BrF3N2O7S. The van der Waals surface area contributed by atoms with Crippen LogP contribution in [0.25, 0.3) is 10.4 Å². The lowest BCUT2D eigenvalue weighted by Gasteiger charge is -2.21. The summed E-state index contributed by atoms with van der Waals surface area (Å²) in [5, 5.41) is 14.9. The number of benzene rings is 1. The van der Waals surface area contributed by atoms with Crippen molar-refractivity contribution >= 4 is 56.8 Å². The Morgan fingerprint density at radius 1 is 1.20 bits per heavy atom. The van der Waals surface area contributed by atoms with Crippen molar-refractivity contribution in [2.75, 3.05) is 25.0 Å². The highest BCUT2D eigenvalue weighted by Crippen LogP contribution is 2.46. The number of carbonyl (C=O) groups is 4. The minimum absolute atomic E-state index is 0.0667. The lowest BCUT2D eigenvalue weighted by atomic mass is 9.97. The van der Waals surface area contributed by atoms with Crippen molar-refractivity contribution in [1.29, 1.82) is 0 Å². The van der Waals surface area contributed by atoms with Crippen molar-refractivity contribution in [1.82, 2.24) is 5.32 Å². The van der Waals surface area contributed by atoms with Crippen LogP contribution in [0.5, 0.6) is 5.75 Å². The van der Waals surface area contributed by atoms with Gasteiger partial charge in [0.05, 0.1) is 9.35 Å². The number of esters is 2. The highest BCUT2D eigenvalue weighted by Gasteiger charge is 2.43. The summed E-state index contributed by atoms with van der Waals surface area (Å²) in [6, 6.07) is 6.44. The van der Waals surface area contributed by atoms with Crippen molar-refractivity contribution in [2.24, 2.45) is 5.92 Å². The zero-order chi connectivity index (χ0) is 25.8. The fourth-order valence-electron chi connectivity index (χ4n) is 3.23. The molecular weight excluding hydrogens is 561 g/mol. The lowest BCUT2D eigenvalue weighted by Crippen LogP contribution is -2.34. The van der Waals surface area contributed by atoms with Crippen LogP contribution in [-0.2, 0) is 19.1 Å². The van der Waals surface area contributed by atoms with Crippen LogP contribution in [0.2, 0.25) is 0 Å². The van der Waals surface area contributed by atoms with Crippen LogP contribution in [0.4, 0.5) is 18.9 Å². The molecule has 1 aliphatic rings. The monoisotopic (exact) mass is 578 g/mol. The van der Waals surface area contributed by atoms with Crippen LogP contribution in [0.15, 0.2) is 28.7 Å². The van der Waals surface area contributed by atoms with Crippen LogP contribution in [0.3, 0.4) is 0 Å². The Balaban J connectivity index is 1.91. The summed E-state index contributed by atoms with van der Waals surface area (Å²) in [5.74, 6) is -6.49. The smallest absolute Gasteiger partial charge is 0.479 e. The van der Waals surface area contributed by atoms with E-state index in [1.54, 1.807) is 24.3 Å². The van der Waals surface area contributed by atoms with Gasteiger partial charge in [-0.05, 0) is 59.6 Å². The number of alkyl halides is 3. The average molecular weight is 579 g/mol. The van der Waals surface area contributed by atoms with Gasteiger partial charge in [-0.3, -0.25) is 4.79 Å². The molecule has 0 radical (unpaired) electrons. The summed E-state index contributed by atoms with van der Waals surface area (Å²) in [4.78, 5) is 46.6. The molecule has 1 fully saturated rings. The molecule has 1 aliphatic heterocycles. The first kappa shape index (κ1) is 26.6. The van der Waals surface area contributed by atoms with Crippen molar-refractivity contribution in [3.05, 3.63) is 33.6 Å². The second-order valence-electron chi connectivity index (χ2n) is 7.35. The third kappa shape index (κ3) is 6.80. The molecule has 1 aromatic heterocycles. The highest BCUT2D eigenvalue weighted by molar-refractivity contribution is 9.10. The van der Waals surface area contributed by atoms with Crippen LogP contribution in [0, 0.1) is 5.92 Å². The standard InChI is InChI=1S/C21H18BrF3N2O7S/c22-14-15(33-9-13(28)29)17(19(31)34-20(32)21(23,24)25)35-16(14)11-2-1-3-12(8-11)27-18(30)10-4-6-26-7-5-10/h1-3,8,10,26H,4-7,9H2,(H,27,30)(H,28,29). The SMILES string of the molecule is O=C(O)COc1c(C(=O)OC(=O)C(F)(F)F)sc(-c2cccc(NC(=O)C3CCNCC3)c2)c1Br. The third-order valence-electron chi connectivity index (χ3n) is 4.85. The molecule has 0 spiro atoms. The molecule has 1 aromatic carbocycles. The number of carboxylic acid groups (broad SMARTS) is 1. The minimum Gasteiger partial charge on any atom is -0.479 e. The number of carboxylic acids is 1.